The quantitative estimate of drug-likeness (QED) is 0.678. The van der Waals surface area contributed by atoms with Crippen LogP contribution in [0.3, 0.4) is 0 Å². The molecule has 2 N–H and O–H groups in total. The molecule has 1 atom stereocenters. The lowest BCUT2D eigenvalue weighted by atomic mass is 10.2. The van der Waals surface area contributed by atoms with Crippen LogP contribution in [0.5, 0.6) is 11.5 Å². The first-order valence-electron chi connectivity index (χ1n) is 9.88. The van der Waals surface area contributed by atoms with Crippen LogP contribution in [0, 0.1) is 0 Å². The summed E-state index contributed by atoms with van der Waals surface area (Å²) >= 11 is 1.70. The van der Waals surface area contributed by atoms with E-state index in [1.165, 1.54) is 4.88 Å². The second-order valence-corrected chi connectivity index (χ2v) is 7.65. The van der Waals surface area contributed by atoms with Crippen LogP contribution in [0.1, 0.15) is 37.6 Å². The molecule has 0 aliphatic carbocycles. The van der Waals surface area contributed by atoms with Gasteiger partial charge < -0.3 is 14.8 Å². The molecule has 2 aromatic rings. The Kier molecular flexibility index (Phi) is 7.48. The third-order valence-corrected chi connectivity index (χ3v) is 5.61. The van der Waals surface area contributed by atoms with Crippen molar-refractivity contribution < 1.29 is 19.1 Å². The van der Waals surface area contributed by atoms with Gasteiger partial charge in [0.2, 0.25) is 5.91 Å². The van der Waals surface area contributed by atoms with E-state index in [-0.39, 0.29) is 18.5 Å². The maximum Gasteiger partial charge on any atom is 0.325 e. The molecule has 156 valence electrons. The fourth-order valence-electron chi connectivity index (χ4n) is 3.46. The van der Waals surface area contributed by atoms with Crippen molar-refractivity contribution in [2.75, 3.05) is 31.6 Å². The Hall–Kier alpha value is -2.58. The highest BCUT2D eigenvalue weighted by molar-refractivity contribution is 7.10. The number of ether oxygens (including phenoxy) is 2. The Morgan fingerprint density at radius 2 is 1.97 bits per heavy atom. The number of benzene rings is 1. The van der Waals surface area contributed by atoms with E-state index in [0.717, 1.165) is 19.4 Å². The Labute approximate surface area is 175 Å². The van der Waals surface area contributed by atoms with Crippen LogP contribution in [-0.2, 0) is 4.79 Å². The van der Waals surface area contributed by atoms with Crippen molar-refractivity contribution in [3.05, 3.63) is 40.6 Å². The molecule has 0 unspecified atom stereocenters. The summed E-state index contributed by atoms with van der Waals surface area (Å²) < 4.78 is 11.1. The van der Waals surface area contributed by atoms with Crippen molar-refractivity contribution in [1.29, 1.82) is 0 Å². The maximum absolute atomic E-state index is 12.4. The second kappa shape index (κ2) is 10.3. The number of rotatable bonds is 8. The monoisotopic (exact) mass is 417 g/mol. The first-order chi connectivity index (χ1) is 14.1. The largest absolute Gasteiger partial charge is 0.490 e. The van der Waals surface area contributed by atoms with Gasteiger partial charge >= 0.3 is 6.03 Å². The molecule has 1 aliphatic rings. The average molecular weight is 418 g/mol. The molecule has 0 saturated carbocycles. The molecule has 3 rings (SSSR count). The van der Waals surface area contributed by atoms with Crippen LogP contribution in [0.2, 0.25) is 0 Å². The molecule has 3 amide bonds. The molecule has 1 aromatic carbocycles. The van der Waals surface area contributed by atoms with Gasteiger partial charge in [-0.2, -0.15) is 0 Å². The van der Waals surface area contributed by atoms with Crippen LogP contribution in [-0.4, -0.2) is 43.1 Å². The van der Waals surface area contributed by atoms with Crippen LogP contribution in [0.25, 0.3) is 0 Å². The zero-order valence-electron chi connectivity index (χ0n) is 16.8. The minimum atomic E-state index is -0.562. The fraction of sp³-hybridized carbons (Fsp3) is 0.429. The van der Waals surface area contributed by atoms with Gasteiger partial charge in [-0.1, -0.05) is 6.07 Å². The molecule has 1 saturated heterocycles. The Balaban J connectivity index is 1.55. The summed E-state index contributed by atoms with van der Waals surface area (Å²) in [5.41, 5.74) is 0.528. The van der Waals surface area contributed by atoms with Gasteiger partial charge in [0.05, 0.1) is 19.8 Å². The minimum absolute atomic E-state index is 0.198. The number of likely N-dealkylation sites (tertiary alicyclic amines) is 1. The molecule has 1 fully saturated rings. The van der Waals surface area contributed by atoms with Crippen molar-refractivity contribution in [3.8, 4) is 11.5 Å². The maximum atomic E-state index is 12.4. The predicted molar refractivity (Wildman–Crippen MR) is 114 cm³/mol. The topological polar surface area (TPSA) is 79.9 Å². The highest BCUT2D eigenvalue weighted by atomic mass is 32.1. The van der Waals surface area contributed by atoms with E-state index in [4.69, 9.17) is 9.47 Å². The lowest BCUT2D eigenvalue weighted by molar-refractivity contribution is -0.121. The SMILES string of the molecule is CCOc1ccc(NC(=O)NC(=O)CN2CCC[C@@H]2c2cccs2)cc1OCC. The summed E-state index contributed by atoms with van der Waals surface area (Å²) in [6.07, 6.45) is 2.08. The molecule has 7 nitrogen and oxygen atoms in total. The van der Waals surface area contributed by atoms with Gasteiger partial charge in [-0.25, -0.2) is 4.79 Å². The number of hydrogen-bond donors (Lipinski definition) is 2. The standard InChI is InChI=1S/C21H27N3O4S/c1-3-27-17-10-9-15(13-18(17)28-4-2)22-21(26)23-20(25)14-24-11-5-7-16(24)19-8-6-12-29-19/h6,8-10,12-13,16H,3-5,7,11,14H2,1-2H3,(H2,22,23,25,26)/t16-/m1/s1. The molecule has 8 heteroatoms. The van der Waals surface area contributed by atoms with Crippen molar-refractivity contribution in [2.24, 2.45) is 0 Å². The molecular weight excluding hydrogens is 390 g/mol. The number of carbonyl (C=O) groups is 2. The summed E-state index contributed by atoms with van der Waals surface area (Å²) in [6.45, 7) is 5.82. The number of anilines is 1. The van der Waals surface area contributed by atoms with Gasteiger partial charge in [0.25, 0.3) is 0 Å². The highest BCUT2D eigenvalue weighted by Crippen LogP contribution is 2.34. The number of imide groups is 1. The van der Waals surface area contributed by atoms with Crippen molar-refractivity contribution in [2.45, 2.75) is 32.7 Å². The van der Waals surface area contributed by atoms with Gasteiger partial charge in [0.15, 0.2) is 11.5 Å². The molecule has 0 spiro atoms. The number of nitrogens with zero attached hydrogens (tertiary/aromatic N) is 1. The van der Waals surface area contributed by atoms with Gasteiger partial charge in [0, 0.05) is 22.7 Å². The molecular formula is C21H27N3O4S. The number of nitrogens with one attached hydrogen (secondary N) is 2. The van der Waals surface area contributed by atoms with Crippen LogP contribution in [0.15, 0.2) is 35.7 Å². The predicted octanol–water partition coefficient (Wildman–Crippen LogP) is 4.03. The smallest absolute Gasteiger partial charge is 0.325 e. The van der Waals surface area contributed by atoms with E-state index >= 15 is 0 Å². The van der Waals surface area contributed by atoms with Crippen molar-refractivity contribution in [1.82, 2.24) is 10.2 Å². The second-order valence-electron chi connectivity index (χ2n) is 6.67. The van der Waals surface area contributed by atoms with E-state index in [2.05, 4.69) is 21.6 Å². The lowest BCUT2D eigenvalue weighted by Gasteiger charge is -2.22. The molecule has 0 radical (unpaired) electrons. The Morgan fingerprint density at radius 1 is 1.17 bits per heavy atom. The Bertz CT molecular complexity index is 825. The van der Waals surface area contributed by atoms with Gasteiger partial charge in [-0.3, -0.25) is 15.0 Å². The highest BCUT2D eigenvalue weighted by Gasteiger charge is 2.28. The van der Waals surface area contributed by atoms with E-state index < -0.39 is 6.03 Å². The van der Waals surface area contributed by atoms with Gasteiger partial charge in [0.1, 0.15) is 0 Å². The molecule has 2 heterocycles. The molecule has 29 heavy (non-hydrogen) atoms. The van der Waals surface area contributed by atoms with Crippen LogP contribution < -0.4 is 20.1 Å². The Morgan fingerprint density at radius 3 is 2.69 bits per heavy atom. The van der Waals surface area contributed by atoms with Crippen LogP contribution in [0.4, 0.5) is 10.5 Å². The number of amides is 3. The number of thiophene rings is 1. The third kappa shape index (κ3) is 5.71. The van der Waals surface area contributed by atoms with Crippen LogP contribution >= 0.6 is 11.3 Å². The first-order valence-corrected chi connectivity index (χ1v) is 10.8. The summed E-state index contributed by atoms with van der Waals surface area (Å²) in [7, 11) is 0. The molecule has 1 aromatic heterocycles. The number of urea groups is 1. The number of carbonyl (C=O) groups excluding carboxylic acids is 2. The van der Waals surface area contributed by atoms with E-state index in [1.807, 2.05) is 25.3 Å². The summed E-state index contributed by atoms with van der Waals surface area (Å²) in [5.74, 6) is 0.848. The summed E-state index contributed by atoms with van der Waals surface area (Å²) in [5, 5.41) is 7.14. The minimum Gasteiger partial charge on any atom is -0.490 e. The van der Waals surface area contributed by atoms with Gasteiger partial charge in [-0.15, -0.1) is 11.3 Å². The van der Waals surface area contributed by atoms with Gasteiger partial charge in [-0.05, 0) is 56.8 Å². The van der Waals surface area contributed by atoms with Crippen molar-refractivity contribution >= 4 is 29.0 Å². The van der Waals surface area contributed by atoms with Crippen molar-refractivity contribution in [3.63, 3.8) is 0 Å². The fourth-order valence-corrected chi connectivity index (χ4v) is 4.36. The van der Waals surface area contributed by atoms with E-state index in [1.54, 1.807) is 29.5 Å². The number of hydrogen-bond acceptors (Lipinski definition) is 6. The zero-order chi connectivity index (χ0) is 20.6. The summed E-state index contributed by atoms with van der Waals surface area (Å²) in [6, 6.07) is 8.95. The lowest BCUT2D eigenvalue weighted by Crippen LogP contribution is -2.41. The molecule has 1 aliphatic heterocycles. The van der Waals surface area contributed by atoms with E-state index in [0.29, 0.717) is 30.4 Å². The van der Waals surface area contributed by atoms with E-state index in [9.17, 15) is 9.59 Å². The normalized spacial score (nSPS) is 16.4. The molecule has 0 bridgehead atoms. The summed E-state index contributed by atoms with van der Waals surface area (Å²) in [4.78, 5) is 28.0. The zero-order valence-corrected chi connectivity index (χ0v) is 17.6. The average Bonchev–Trinajstić information content (AvgIpc) is 3.35. The first kappa shape index (κ1) is 21.1. The third-order valence-electron chi connectivity index (χ3n) is 4.64.